The highest BCUT2D eigenvalue weighted by Gasteiger charge is 2.51. The second-order valence-corrected chi connectivity index (χ2v) is 12.5. The number of likely N-dealkylation sites (N-methyl/N-ethyl adjacent to an activating group) is 1. The zero-order valence-corrected chi connectivity index (χ0v) is 27.6. The van der Waals surface area contributed by atoms with E-state index < -0.39 is 17.2 Å². The molecule has 2 atom stereocenters. The zero-order chi connectivity index (χ0) is 34.4. The Kier molecular flexibility index (Phi) is 8.23. The van der Waals surface area contributed by atoms with E-state index in [2.05, 4.69) is 31.8 Å². The Morgan fingerprint density at radius 2 is 1.84 bits per heavy atom. The first-order valence-corrected chi connectivity index (χ1v) is 16.1. The van der Waals surface area contributed by atoms with Crippen molar-refractivity contribution >= 4 is 33.8 Å². The number of imidazole rings is 1. The number of benzene rings is 3. The minimum absolute atomic E-state index is 0.0561. The molecule has 3 aromatic heterocycles. The molecular formula is C36H36F2N8O3. The highest BCUT2D eigenvalue weighted by molar-refractivity contribution is 5.95. The number of aliphatic hydroxyl groups excluding tert-OH is 1. The molecule has 5 heterocycles. The molecule has 6 aromatic rings. The van der Waals surface area contributed by atoms with Gasteiger partial charge in [0.05, 0.1) is 29.2 Å². The molecule has 11 nitrogen and oxygen atoms in total. The van der Waals surface area contributed by atoms with Crippen molar-refractivity contribution in [3.63, 3.8) is 0 Å². The van der Waals surface area contributed by atoms with Crippen LogP contribution in [-0.2, 0) is 11.3 Å². The summed E-state index contributed by atoms with van der Waals surface area (Å²) in [5.74, 6) is 0.580. The topological polar surface area (TPSA) is 114 Å². The lowest BCUT2D eigenvalue weighted by atomic mass is 9.95. The van der Waals surface area contributed by atoms with Crippen molar-refractivity contribution in [1.29, 1.82) is 0 Å². The Morgan fingerprint density at radius 1 is 1.02 bits per heavy atom. The molecule has 1 fully saturated rings. The van der Waals surface area contributed by atoms with Crippen molar-refractivity contribution in [2.45, 2.75) is 44.9 Å². The smallest absolute Gasteiger partial charge is 0.248 e. The summed E-state index contributed by atoms with van der Waals surface area (Å²) in [7, 11) is 2.83. The zero-order valence-electron chi connectivity index (χ0n) is 27.6. The SMILES string of the molecule is CO.Cc1nc2cccc3c2n1CCCN(C)C(=O)[C@]1(C)CC(CN1c1ncnc2c1cnn2-c1ccc(F)cc1F)Oc1cccc-3c1. The molecule has 13 heteroatoms. The first-order valence-electron chi connectivity index (χ1n) is 16.1. The first-order chi connectivity index (χ1) is 23.7. The van der Waals surface area contributed by atoms with E-state index in [-0.39, 0.29) is 17.7 Å². The Hall–Kier alpha value is -5.43. The van der Waals surface area contributed by atoms with Crippen molar-refractivity contribution in [3.05, 3.63) is 90.6 Å². The number of rotatable bonds is 2. The lowest BCUT2D eigenvalue weighted by Gasteiger charge is -2.37. The normalized spacial score (nSPS) is 19.3. The van der Waals surface area contributed by atoms with Gasteiger partial charge in [0.25, 0.3) is 0 Å². The molecule has 0 radical (unpaired) electrons. The van der Waals surface area contributed by atoms with Crippen LogP contribution in [0.25, 0.3) is 38.9 Å². The second-order valence-electron chi connectivity index (χ2n) is 12.5. The van der Waals surface area contributed by atoms with Crippen molar-refractivity contribution < 1.29 is 23.4 Å². The summed E-state index contributed by atoms with van der Waals surface area (Å²) in [5, 5.41) is 11.9. The maximum Gasteiger partial charge on any atom is 0.248 e. The molecule has 49 heavy (non-hydrogen) atoms. The van der Waals surface area contributed by atoms with E-state index in [9.17, 15) is 13.6 Å². The van der Waals surface area contributed by atoms with Gasteiger partial charge in [-0.15, -0.1) is 0 Å². The van der Waals surface area contributed by atoms with E-state index in [0.717, 1.165) is 47.6 Å². The van der Waals surface area contributed by atoms with Gasteiger partial charge in [0.15, 0.2) is 11.5 Å². The van der Waals surface area contributed by atoms with Crippen LogP contribution < -0.4 is 9.64 Å². The molecule has 2 aliphatic heterocycles. The highest BCUT2D eigenvalue weighted by atomic mass is 19.1. The van der Waals surface area contributed by atoms with Crippen LogP contribution in [0.4, 0.5) is 14.6 Å². The number of hydrogen-bond donors (Lipinski definition) is 1. The monoisotopic (exact) mass is 666 g/mol. The molecule has 1 saturated heterocycles. The Morgan fingerprint density at radius 3 is 2.65 bits per heavy atom. The Labute approximate surface area is 281 Å². The van der Waals surface area contributed by atoms with Gasteiger partial charge in [-0.1, -0.05) is 24.3 Å². The van der Waals surface area contributed by atoms with Gasteiger partial charge in [0.1, 0.15) is 46.9 Å². The molecule has 3 aromatic carbocycles. The molecule has 8 rings (SSSR count). The van der Waals surface area contributed by atoms with Crippen LogP contribution >= 0.6 is 0 Å². The molecular weight excluding hydrogens is 630 g/mol. The second kappa shape index (κ2) is 12.5. The number of aryl methyl sites for hydroxylation is 2. The van der Waals surface area contributed by atoms with Crippen LogP contribution in [0.1, 0.15) is 25.6 Å². The summed E-state index contributed by atoms with van der Waals surface area (Å²) in [6.07, 6.45) is 3.71. The summed E-state index contributed by atoms with van der Waals surface area (Å²) < 4.78 is 38.7. The number of carbonyl (C=O) groups is 1. The van der Waals surface area contributed by atoms with E-state index >= 15 is 0 Å². The van der Waals surface area contributed by atoms with E-state index in [1.165, 1.54) is 23.1 Å². The van der Waals surface area contributed by atoms with Gasteiger partial charge >= 0.3 is 0 Å². The van der Waals surface area contributed by atoms with Gasteiger partial charge in [-0.2, -0.15) is 5.10 Å². The van der Waals surface area contributed by atoms with Crippen molar-refractivity contribution in [2.24, 2.45) is 0 Å². The quantitative estimate of drug-likeness (QED) is 0.265. The van der Waals surface area contributed by atoms with Crippen molar-refractivity contribution in [1.82, 2.24) is 34.2 Å². The molecule has 4 bridgehead atoms. The number of hydrogen-bond acceptors (Lipinski definition) is 8. The maximum absolute atomic E-state index is 14.8. The fraction of sp³-hybridized carbons (Fsp3) is 0.306. The number of ether oxygens (including phenoxy) is 1. The summed E-state index contributed by atoms with van der Waals surface area (Å²) in [5.41, 5.74) is 3.47. The van der Waals surface area contributed by atoms with E-state index in [4.69, 9.17) is 14.8 Å². The van der Waals surface area contributed by atoms with Gasteiger partial charge in [-0.05, 0) is 56.2 Å². The summed E-state index contributed by atoms with van der Waals surface area (Å²) in [6, 6.07) is 17.5. The third kappa shape index (κ3) is 5.43. The standard InChI is InChI=1S/C35H32F2N8O2.CH4O/c1-21-41-29-10-5-9-26-22-7-4-8-24(15-22)47-25-17-35(2,34(46)42(3)13-6-14-43(21)31(26)29)44(19-25)32-27-18-40-45(33(27)39-20-38-32)30-12-11-23(36)16-28(30)37;1-2/h4-5,7-12,15-16,18,20,25H,6,13-14,17,19H2,1-3H3;2H,1H3/t25?,35-;/m0./s1. The molecule has 0 spiro atoms. The molecule has 1 N–H and O–H groups in total. The highest BCUT2D eigenvalue weighted by Crippen LogP contribution is 2.40. The molecule has 1 unspecified atom stereocenters. The lowest BCUT2D eigenvalue weighted by molar-refractivity contribution is -0.135. The predicted octanol–water partition coefficient (Wildman–Crippen LogP) is 5.31. The third-order valence-electron chi connectivity index (χ3n) is 9.43. The minimum Gasteiger partial charge on any atom is -0.488 e. The van der Waals surface area contributed by atoms with Crippen LogP contribution in [0.2, 0.25) is 0 Å². The molecule has 252 valence electrons. The first kappa shape index (κ1) is 32.1. The molecule has 1 amide bonds. The number of para-hydroxylation sites is 1. The van der Waals surface area contributed by atoms with Crippen LogP contribution in [-0.4, -0.2) is 84.1 Å². The minimum atomic E-state index is -1.02. The Balaban J connectivity index is 0.00000186. The number of nitrogens with zero attached hydrogens (tertiary/aromatic N) is 8. The van der Waals surface area contributed by atoms with Crippen LogP contribution in [0.5, 0.6) is 5.75 Å². The summed E-state index contributed by atoms with van der Waals surface area (Å²) in [4.78, 5) is 32.0. The summed E-state index contributed by atoms with van der Waals surface area (Å²) >= 11 is 0. The number of carbonyl (C=O) groups excluding carboxylic acids is 1. The van der Waals surface area contributed by atoms with Crippen molar-refractivity contribution in [3.8, 4) is 22.6 Å². The number of anilines is 1. The van der Waals surface area contributed by atoms with Crippen LogP contribution in [0.15, 0.2) is 73.2 Å². The van der Waals surface area contributed by atoms with Gasteiger partial charge in [-0.3, -0.25) is 4.79 Å². The fourth-order valence-electron chi connectivity index (χ4n) is 7.22. The van der Waals surface area contributed by atoms with E-state index in [1.54, 1.807) is 11.1 Å². The number of aliphatic hydroxyl groups is 1. The average Bonchev–Trinajstić information content (AvgIpc) is 3.78. The largest absolute Gasteiger partial charge is 0.488 e. The van der Waals surface area contributed by atoms with Crippen LogP contribution in [0.3, 0.4) is 0 Å². The summed E-state index contributed by atoms with van der Waals surface area (Å²) in [6.45, 7) is 5.52. The molecule has 2 aliphatic rings. The van der Waals surface area contributed by atoms with Crippen LogP contribution in [0, 0.1) is 18.6 Å². The number of fused-ring (bicyclic) bond motifs is 6. The van der Waals surface area contributed by atoms with Gasteiger partial charge in [0, 0.05) is 45.3 Å². The van der Waals surface area contributed by atoms with Crippen molar-refractivity contribution in [2.75, 3.05) is 32.1 Å². The maximum atomic E-state index is 14.8. The molecule has 0 saturated carbocycles. The lowest BCUT2D eigenvalue weighted by Crippen LogP contribution is -2.54. The number of halogens is 2. The number of amides is 1. The van der Waals surface area contributed by atoms with Gasteiger partial charge in [0.2, 0.25) is 5.91 Å². The predicted molar refractivity (Wildman–Crippen MR) is 182 cm³/mol. The van der Waals surface area contributed by atoms with Gasteiger partial charge in [-0.25, -0.2) is 28.4 Å². The van der Waals surface area contributed by atoms with E-state index in [1.807, 2.05) is 56.1 Å². The third-order valence-corrected chi connectivity index (χ3v) is 9.43. The fourth-order valence-corrected chi connectivity index (χ4v) is 7.22. The Bertz CT molecular complexity index is 2200. The van der Waals surface area contributed by atoms with E-state index in [0.29, 0.717) is 48.7 Å². The average molecular weight is 667 g/mol. The molecule has 0 aliphatic carbocycles. The number of aromatic nitrogens is 6. The van der Waals surface area contributed by atoms with Gasteiger partial charge < -0.3 is 24.2 Å².